The Bertz CT molecular complexity index is 539. The summed E-state index contributed by atoms with van der Waals surface area (Å²) in [7, 11) is 2.04. The number of halogens is 2. The van der Waals surface area contributed by atoms with E-state index in [0.29, 0.717) is 12.7 Å². The molecule has 0 saturated carbocycles. The van der Waals surface area contributed by atoms with Gasteiger partial charge >= 0.3 is 0 Å². The minimum absolute atomic E-state index is 0. The molecule has 1 saturated heterocycles. The summed E-state index contributed by atoms with van der Waals surface area (Å²) < 4.78 is 11.2. The van der Waals surface area contributed by atoms with Crippen molar-refractivity contribution in [2.24, 2.45) is 4.99 Å². The quantitative estimate of drug-likeness (QED) is 0.244. The van der Waals surface area contributed by atoms with Crippen LogP contribution in [0.3, 0.4) is 0 Å². The van der Waals surface area contributed by atoms with E-state index in [1.807, 2.05) is 25.2 Å². The van der Waals surface area contributed by atoms with Gasteiger partial charge in [-0.15, -0.1) is 24.0 Å². The zero-order chi connectivity index (χ0) is 17.9. The van der Waals surface area contributed by atoms with Crippen LogP contribution in [-0.4, -0.2) is 56.9 Å². The fourth-order valence-corrected chi connectivity index (χ4v) is 3.01. The molecule has 0 aliphatic carbocycles. The molecule has 1 aromatic carbocycles. The van der Waals surface area contributed by atoms with E-state index in [2.05, 4.69) is 28.2 Å². The predicted molar refractivity (Wildman–Crippen MR) is 119 cm³/mol. The Kier molecular flexibility index (Phi) is 12.3. The zero-order valence-electron chi connectivity index (χ0n) is 15.7. The maximum absolute atomic E-state index is 6.06. The van der Waals surface area contributed by atoms with Crippen LogP contribution >= 0.6 is 35.6 Å². The average Bonchev–Trinajstić information content (AvgIpc) is 3.10. The van der Waals surface area contributed by atoms with Gasteiger partial charge in [0.1, 0.15) is 0 Å². The topological polar surface area (TPSA) is 46.1 Å². The molecular weight excluding hydrogens is 465 g/mol. The second-order valence-electron chi connectivity index (χ2n) is 6.29. The van der Waals surface area contributed by atoms with Crippen molar-refractivity contribution in [2.75, 3.05) is 40.0 Å². The Labute approximate surface area is 179 Å². The fraction of sp³-hybridized carbons (Fsp3) is 0.632. The summed E-state index contributed by atoms with van der Waals surface area (Å²) in [6, 6.07) is 7.92. The van der Waals surface area contributed by atoms with Crippen molar-refractivity contribution in [1.82, 2.24) is 10.2 Å². The molecule has 5 nitrogen and oxygen atoms in total. The molecule has 26 heavy (non-hydrogen) atoms. The zero-order valence-corrected chi connectivity index (χ0v) is 18.8. The van der Waals surface area contributed by atoms with Crippen LogP contribution in [0.4, 0.5) is 0 Å². The second-order valence-corrected chi connectivity index (χ2v) is 6.72. The van der Waals surface area contributed by atoms with E-state index in [1.165, 1.54) is 5.56 Å². The van der Waals surface area contributed by atoms with Crippen molar-refractivity contribution in [1.29, 1.82) is 0 Å². The minimum atomic E-state index is 0. The molecule has 1 aromatic rings. The van der Waals surface area contributed by atoms with Gasteiger partial charge < -0.3 is 19.7 Å². The maximum Gasteiger partial charge on any atom is 0.193 e. The van der Waals surface area contributed by atoms with Crippen molar-refractivity contribution in [3.8, 4) is 0 Å². The van der Waals surface area contributed by atoms with Crippen molar-refractivity contribution < 1.29 is 9.47 Å². The lowest BCUT2D eigenvalue weighted by molar-refractivity contribution is 0.0170. The molecule has 1 atom stereocenters. The van der Waals surface area contributed by atoms with Gasteiger partial charge in [0.25, 0.3) is 0 Å². The molecule has 1 aliphatic rings. The number of rotatable bonds is 9. The highest BCUT2D eigenvalue weighted by molar-refractivity contribution is 14.0. The summed E-state index contributed by atoms with van der Waals surface area (Å²) >= 11 is 6.06. The third-order valence-corrected chi connectivity index (χ3v) is 4.28. The fourth-order valence-electron chi connectivity index (χ4n) is 2.80. The van der Waals surface area contributed by atoms with E-state index < -0.39 is 0 Å². The van der Waals surface area contributed by atoms with E-state index in [9.17, 15) is 0 Å². The minimum Gasteiger partial charge on any atom is -0.379 e. The number of benzene rings is 1. The number of hydrogen-bond acceptors (Lipinski definition) is 3. The van der Waals surface area contributed by atoms with Gasteiger partial charge in [-0.25, -0.2) is 0 Å². The van der Waals surface area contributed by atoms with E-state index in [0.717, 1.165) is 63.1 Å². The third kappa shape index (κ3) is 8.88. The van der Waals surface area contributed by atoms with Gasteiger partial charge in [-0.05, 0) is 43.9 Å². The number of nitrogens with one attached hydrogen (secondary N) is 1. The summed E-state index contributed by atoms with van der Waals surface area (Å²) in [5, 5.41) is 4.10. The smallest absolute Gasteiger partial charge is 0.193 e. The number of ether oxygens (including phenoxy) is 2. The highest BCUT2D eigenvalue weighted by Crippen LogP contribution is 2.13. The Hall–Kier alpha value is -0.570. The number of nitrogens with zero attached hydrogens (tertiary/aromatic N) is 2. The molecule has 148 valence electrons. The van der Waals surface area contributed by atoms with Crippen molar-refractivity contribution in [2.45, 2.75) is 38.8 Å². The lowest BCUT2D eigenvalue weighted by Gasteiger charge is -2.22. The Morgan fingerprint density at radius 3 is 3.00 bits per heavy atom. The molecule has 0 amide bonds. The summed E-state index contributed by atoms with van der Waals surface area (Å²) in [5.74, 6) is 0.904. The standard InChI is InChI=1S/C19H30ClN3O2.HI/c1-3-21-19(23(2)14-16-7-4-8-17(20)13-16)22-10-6-11-24-15-18-9-5-12-25-18;/h4,7-8,13,18H,3,5-6,9-12,14-15H2,1-2H3,(H,21,22);1H. The van der Waals surface area contributed by atoms with Crippen LogP contribution in [0.25, 0.3) is 0 Å². The van der Waals surface area contributed by atoms with E-state index >= 15 is 0 Å². The molecule has 1 unspecified atom stereocenters. The third-order valence-electron chi connectivity index (χ3n) is 4.04. The van der Waals surface area contributed by atoms with Crippen molar-refractivity contribution >= 4 is 41.5 Å². The van der Waals surface area contributed by atoms with Crippen LogP contribution in [0.1, 0.15) is 31.7 Å². The normalized spacial score (nSPS) is 17.0. The van der Waals surface area contributed by atoms with Crippen molar-refractivity contribution in [3.63, 3.8) is 0 Å². The summed E-state index contributed by atoms with van der Waals surface area (Å²) in [6.45, 7) is 6.74. The largest absolute Gasteiger partial charge is 0.379 e. The van der Waals surface area contributed by atoms with Gasteiger partial charge in [0.15, 0.2) is 5.96 Å². The van der Waals surface area contributed by atoms with Gasteiger partial charge in [-0.3, -0.25) is 4.99 Å². The Morgan fingerprint density at radius 1 is 1.46 bits per heavy atom. The van der Waals surface area contributed by atoms with Crippen LogP contribution in [0.15, 0.2) is 29.3 Å². The predicted octanol–water partition coefficient (Wildman–Crippen LogP) is 3.94. The van der Waals surface area contributed by atoms with Gasteiger partial charge in [-0.2, -0.15) is 0 Å². The monoisotopic (exact) mass is 495 g/mol. The molecule has 1 aliphatic heterocycles. The van der Waals surface area contributed by atoms with E-state index in [4.69, 9.17) is 21.1 Å². The van der Waals surface area contributed by atoms with E-state index in [1.54, 1.807) is 0 Å². The molecule has 1 N–H and O–H groups in total. The Balaban J connectivity index is 0.00000338. The van der Waals surface area contributed by atoms with Crippen LogP contribution < -0.4 is 5.32 Å². The highest BCUT2D eigenvalue weighted by atomic mass is 127. The molecule has 7 heteroatoms. The van der Waals surface area contributed by atoms with Gasteiger partial charge in [0, 0.05) is 44.9 Å². The molecule has 2 rings (SSSR count). The summed E-state index contributed by atoms with van der Waals surface area (Å²) in [5.41, 5.74) is 1.17. The lowest BCUT2D eigenvalue weighted by Crippen LogP contribution is -2.38. The van der Waals surface area contributed by atoms with Crippen molar-refractivity contribution in [3.05, 3.63) is 34.9 Å². The number of hydrogen-bond donors (Lipinski definition) is 1. The molecule has 0 radical (unpaired) electrons. The van der Waals surface area contributed by atoms with Crippen LogP contribution in [0.2, 0.25) is 5.02 Å². The van der Waals surface area contributed by atoms with Crippen LogP contribution in [-0.2, 0) is 16.0 Å². The first-order valence-corrected chi connectivity index (χ1v) is 9.50. The molecule has 0 aromatic heterocycles. The summed E-state index contributed by atoms with van der Waals surface area (Å²) in [6.07, 6.45) is 3.48. The number of aliphatic imine (C=N–C) groups is 1. The maximum atomic E-state index is 6.06. The molecule has 0 bridgehead atoms. The molecule has 1 fully saturated rings. The first-order valence-electron chi connectivity index (χ1n) is 9.12. The average molecular weight is 496 g/mol. The van der Waals surface area contributed by atoms with Gasteiger partial charge in [0.05, 0.1) is 12.7 Å². The molecular formula is C19H31ClIN3O2. The highest BCUT2D eigenvalue weighted by Gasteiger charge is 2.14. The van der Waals surface area contributed by atoms with Gasteiger partial charge in [-0.1, -0.05) is 23.7 Å². The first-order chi connectivity index (χ1) is 12.2. The van der Waals surface area contributed by atoms with Gasteiger partial charge in [0.2, 0.25) is 0 Å². The molecule has 1 heterocycles. The first kappa shape index (κ1) is 23.5. The molecule has 0 spiro atoms. The van der Waals surface area contributed by atoms with E-state index in [-0.39, 0.29) is 24.0 Å². The Morgan fingerprint density at radius 2 is 2.31 bits per heavy atom. The van der Waals surface area contributed by atoms with Crippen LogP contribution in [0, 0.1) is 0 Å². The SMILES string of the molecule is CCNC(=NCCCOCC1CCCO1)N(C)Cc1cccc(Cl)c1.I. The lowest BCUT2D eigenvalue weighted by atomic mass is 10.2. The second kappa shape index (κ2) is 13.6. The van der Waals surface area contributed by atoms with Crippen LogP contribution in [0.5, 0.6) is 0 Å². The number of guanidine groups is 1. The summed E-state index contributed by atoms with van der Waals surface area (Å²) in [4.78, 5) is 6.80.